The van der Waals surface area contributed by atoms with Crippen LogP contribution in [0.3, 0.4) is 0 Å². The van der Waals surface area contributed by atoms with Crippen molar-refractivity contribution >= 4 is 45.1 Å². The molecule has 0 aliphatic rings. The number of thioether (sulfide) groups is 2. The van der Waals surface area contributed by atoms with E-state index in [1.54, 1.807) is 34.8 Å². The van der Waals surface area contributed by atoms with Crippen molar-refractivity contribution in [3.05, 3.63) is 74.4 Å². The minimum absolute atomic E-state index is 0.0329. The second-order valence-corrected chi connectivity index (χ2v) is 11.1. The summed E-state index contributed by atoms with van der Waals surface area (Å²) in [7, 11) is 1.64. The number of methoxy groups -OCH3 is 1. The Morgan fingerprint density at radius 2 is 1.66 bits per heavy atom. The van der Waals surface area contributed by atoms with E-state index in [2.05, 4.69) is 31.2 Å². The molecule has 0 unspecified atom stereocenters. The lowest BCUT2D eigenvalue weighted by molar-refractivity contribution is 0.411. The van der Waals surface area contributed by atoms with Crippen molar-refractivity contribution in [2.24, 2.45) is 0 Å². The van der Waals surface area contributed by atoms with Gasteiger partial charge in [0.25, 0.3) is 5.56 Å². The summed E-state index contributed by atoms with van der Waals surface area (Å²) in [4.78, 5) is 21.8. The molecule has 32 heavy (non-hydrogen) atoms. The maximum absolute atomic E-state index is 13.7. The number of benzene rings is 2. The van der Waals surface area contributed by atoms with Crippen LogP contribution >= 0.6 is 34.9 Å². The first-order valence-corrected chi connectivity index (χ1v) is 13.2. The highest BCUT2D eigenvalue weighted by atomic mass is 32.2. The predicted octanol–water partition coefficient (Wildman–Crippen LogP) is 6.57. The summed E-state index contributed by atoms with van der Waals surface area (Å²) in [6, 6.07) is 14.5. The highest BCUT2D eigenvalue weighted by molar-refractivity contribution is 8.02. The van der Waals surface area contributed by atoms with Gasteiger partial charge in [-0.15, -0.1) is 23.1 Å². The van der Waals surface area contributed by atoms with Crippen LogP contribution in [0.5, 0.6) is 5.75 Å². The summed E-state index contributed by atoms with van der Waals surface area (Å²) in [5.74, 6) is 2.43. The molecule has 0 N–H and O–H groups in total. The fourth-order valence-corrected chi connectivity index (χ4v) is 6.44. The van der Waals surface area contributed by atoms with Crippen LogP contribution in [-0.2, 0) is 0 Å². The average molecular weight is 483 g/mol. The molecule has 0 atom stereocenters. The standard InChI is InChI=1S/C25H26N2O2S3/c1-15-6-9-19(10-7-15)30-12-13-31-25-26-23-22(17(3)18(4)32-23)24(28)27(25)20-14-16(2)8-11-21(20)29-5/h6-11,14H,12-13H2,1-5H3. The first-order chi connectivity index (χ1) is 15.4. The van der Waals surface area contributed by atoms with E-state index >= 15 is 0 Å². The van der Waals surface area contributed by atoms with Gasteiger partial charge in [-0.25, -0.2) is 4.98 Å². The number of rotatable bonds is 7. The highest BCUT2D eigenvalue weighted by Gasteiger charge is 2.20. The summed E-state index contributed by atoms with van der Waals surface area (Å²) in [5.41, 5.74) is 4.04. The molecule has 2 heterocycles. The number of thiophene rings is 1. The first-order valence-electron chi connectivity index (χ1n) is 10.4. The van der Waals surface area contributed by atoms with Crippen molar-refractivity contribution in [2.45, 2.75) is 37.7 Å². The van der Waals surface area contributed by atoms with Crippen molar-refractivity contribution in [1.29, 1.82) is 0 Å². The van der Waals surface area contributed by atoms with E-state index in [0.29, 0.717) is 16.3 Å². The van der Waals surface area contributed by atoms with Gasteiger partial charge in [-0.3, -0.25) is 9.36 Å². The van der Waals surface area contributed by atoms with Crippen LogP contribution in [0, 0.1) is 27.7 Å². The molecule has 0 radical (unpaired) electrons. The highest BCUT2D eigenvalue weighted by Crippen LogP contribution is 2.32. The lowest BCUT2D eigenvalue weighted by Gasteiger charge is -2.16. The van der Waals surface area contributed by atoms with Crippen LogP contribution in [0.4, 0.5) is 0 Å². The van der Waals surface area contributed by atoms with Crippen LogP contribution in [0.25, 0.3) is 15.9 Å². The SMILES string of the molecule is COc1ccc(C)cc1-n1c(SCCSc2ccc(C)cc2)nc2sc(C)c(C)c2c1=O. The summed E-state index contributed by atoms with van der Waals surface area (Å²) in [5, 5.41) is 1.41. The van der Waals surface area contributed by atoms with Crippen LogP contribution in [0.15, 0.2) is 57.3 Å². The third-order valence-electron chi connectivity index (χ3n) is 5.35. The Hall–Kier alpha value is -2.22. The Balaban J connectivity index is 1.72. The second kappa shape index (κ2) is 9.73. The molecular formula is C25H26N2O2S3. The Kier molecular flexibility index (Phi) is 6.98. The molecule has 4 nitrogen and oxygen atoms in total. The molecule has 4 aromatic rings. The van der Waals surface area contributed by atoms with Crippen LogP contribution in [0.1, 0.15) is 21.6 Å². The molecule has 0 saturated heterocycles. The maximum Gasteiger partial charge on any atom is 0.267 e. The summed E-state index contributed by atoms with van der Waals surface area (Å²) >= 11 is 5.02. The smallest absolute Gasteiger partial charge is 0.267 e. The van der Waals surface area contributed by atoms with Gasteiger partial charge >= 0.3 is 0 Å². The summed E-state index contributed by atoms with van der Waals surface area (Å²) < 4.78 is 7.34. The van der Waals surface area contributed by atoms with Crippen LogP contribution in [-0.4, -0.2) is 28.2 Å². The lowest BCUT2D eigenvalue weighted by Crippen LogP contribution is -2.22. The fraction of sp³-hybridized carbons (Fsp3) is 0.280. The van der Waals surface area contributed by atoms with E-state index in [-0.39, 0.29) is 5.56 Å². The quantitative estimate of drug-likeness (QED) is 0.169. The normalized spacial score (nSPS) is 11.3. The number of fused-ring (bicyclic) bond motifs is 1. The van der Waals surface area contributed by atoms with Gasteiger partial charge in [0, 0.05) is 21.3 Å². The fourth-order valence-electron chi connectivity index (χ4n) is 3.49. The van der Waals surface area contributed by atoms with Gasteiger partial charge in [0.2, 0.25) is 0 Å². The van der Waals surface area contributed by atoms with E-state index in [9.17, 15) is 4.79 Å². The molecular weight excluding hydrogens is 456 g/mol. The number of hydrogen-bond donors (Lipinski definition) is 0. The zero-order valence-electron chi connectivity index (χ0n) is 18.9. The largest absolute Gasteiger partial charge is 0.495 e. The molecule has 0 aliphatic carbocycles. The predicted molar refractivity (Wildman–Crippen MR) is 139 cm³/mol. The van der Waals surface area contributed by atoms with E-state index < -0.39 is 0 Å². The maximum atomic E-state index is 13.7. The number of nitrogens with zero attached hydrogens (tertiary/aromatic N) is 2. The molecule has 166 valence electrons. The molecule has 4 rings (SSSR count). The molecule has 0 aliphatic heterocycles. The lowest BCUT2D eigenvalue weighted by atomic mass is 10.2. The molecule has 0 bridgehead atoms. The minimum atomic E-state index is -0.0329. The van der Waals surface area contributed by atoms with Gasteiger partial charge in [-0.1, -0.05) is 35.5 Å². The third-order valence-corrected chi connectivity index (χ3v) is 8.67. The molecule has 7 heteroatoms. The Bertz CT molecular complexity index is 1320. The molecule has 0 saturated carbocycles. The average Bonchev–Trinajstić information content (AvgIpc) is 3.06. The number of hydrogen-bond acceptors (Lipinski definition) is 6. The summed E-state index contributed by atoms with van der Waals surface area (Å²) in [6.45, 7) is 8.16. The Labute approximate surface area is 201 Å². The van der Waals surface area contributed by atoms with Gasteiger partial charge in [0.1, 0.15) is 10.6 Å². The topological polar surface area (TPSA) is 44.1 Å². The van der Waals surface area contributed by atoms with Crippen molar-refractivity contribution < 1.29 is 4.74 Å². The van der Waals surface area contributed by atoms with Gasteiger partial charge in [0.15, 0.2) is 5.16 Å². The number of aryl methyl sites for hydroxylation is 4. The van der Waals surface area contributed by atoms with Crippen molar-refractivity contribution in [3.63, 3.8) is 0 Å². The van der Waals surface area contributed by atoms with Crippen molar-refractivity contribution in [2.75, 3.05) is 18.6 Å². The molecule has 2 aromatic heterocycles. The minimum Gasteiger partial charge on any atom is -0.495 e. The van der Waals surface area contributed by atoms with Gasteiger partial charge in [-0.05, 0) is 63.1 Å². The van der Waals surface area contributed by atoms with Crippen molar-refractivity contribution in [1.82, 2.24) is 9.55 Å². The Morgan fingerprint density at radius 1 is 0.969 bits per heavy atom. The third kappa shape index (κ3) is 4.60. The monoisotopic (exact) mass is 482 g/mol. The van der Waals surface area contributed by atoms with Crippen molar-refractivity contribution in [3.8, 4) is 11.4 Å². The van der Waals surface area contributed by atoms with Gasteiger partial charge in [0.05, 0.1) is 18.2 Å². The first kappa shape index (κ1) is 23.0. The second-order valence-electron chi connectivity index (χ2n) is 7.68. The molecule has 0 spiro atoms. The van der Waals surface area contributed by atoms with Gasteiger partial charge in [-0.2, -0.15) is 0 Å². The van der Waals surface area contributed by atoms with E-state index in [0.717, 1.165) is 38.0 Å². The van der Waals surface area contributed by atoms with E-state index in [1.165, 1.54) is 10.5 Å². The van der Waals surface area contributed by atoms with E-state index in [1.807, 2.05) is 50.7 Å². The Morgan fingerprint density at radius 3 is 2.38 bits per heavy atom. The molecule has 2 aromatic carbocycles. The number of ether oxygens (including phenoxy) is 1. The zero-order chi connectivity index (χ0) is 22.8. The van der Waals surface area contributed by atoms with Gasteiger partial charge < -0.3 is 4.74 Å². The van der Waals surface area contributed by atoms with Crippen LogP contribution in [0.2, 0.25) is 0 Å². The number of aromatic nitrogens is 2. The van der Waals surface area contributed by atoms with Crippen LogP contribution < -0.4 is 10.3 Å². The molecule has 0 amide bonds. The summed E-state index contributed by atoms with van der Waals surface area (Å²) in [6.07, 6.45) is 0. The van der Waals surface area contributed by atoms with E-state index in [4.69, 9.17) is 9.72 Å². The molecule has 0 fully saturated rings. The zero-order valence-corrected chi connectivity index (χ0v) is 21.3.